The Morgan fingerprint density at radius 2 is 1.74 bits per heavy atom. The molecule has 1 aliphatic heterocycles. The first kappa shape index (κ1) is 39.0. The van der Waals surface area contributed by atoms with Crippen molar-refractivity contribution >= 4 is 30.0 Å². The van der Waals surface area contributed by atoms with E-state index < -0.39 is 5.60 Å². The maximum atomic E-state index is 12.4. The maximum absolute atomic E-state index is 12.4. The number of hydrogen-bond acceptors (Lipinski definition) is 5. The molecule has 1 atom stereocenters. The number of aliphatic hydroxyl groups excluding tert-OH is 2. The number of halogens is 1. The van der Waals surface area contributed by atoms with Crippen molar-refractivity contribution in [2.24, 2.45) is 10.9 Å². The quantitative estimate of drug-likeness (QED) is 0.269. The van der Waals surface area contributed by atoms with Gasteiger partial charge in [-0.2, -0.15) is 0 Å². The van der Waals surface area contributed by atoms with Gasteiger partial charge in [-0.3, -0.25) is 0 Å². The van der Waals surface area contributed by atoms with E-state index >= 15 is 0 Å². The fourth-order valence-electron chi connectivity index (χ4n) is 3.84. The van der Waals surface area contributed by atoms with Crippen molar-refractivity contribution in [1.82, 2.24) is 4.90 Å². The summed E-state index contributed by atoms with van der Waals surface area (Å²) in [7, 11) is 2.75. The summed E-state index contributed by atoms with van der Waals surface area (Å²) >= 11 is 6.26. The highest BCUT2D eigenvalue weighted by Gasteiger charge is 2.31. The van der Waals surface area contributed by atoms with Gasteiger partial charge in [0.25, 0.3) is 0 Å². The molecule has 2 N–H and O–H groups in total. The number of nitrogens with zero attached hydrogens (tertiary/aromatic N) is 2. The Morgan fingerprint density at radius 3 is 2.18 bits per heavy atom. The number of likely N-dealkylation sites (tertiary alicyclic amines) is 1. The van der Waals surface area contributed by atoms with E-state index in [1.807, 2.05) is 50.8 Å². The minimum absolute atomic E-state index is 0.00523. The van der Waals surface area contributed by atoms with Gasteiger partial charge in [-0.15, -0.1) is 0 Å². The Morgan fingerprint density at radius 1 is 1.21 bits per heavy atom. The fraction of sp³-hybridized carbons (Fsp3) is 0.625. The molecular weight excluding hydrogens is 512 g/mol. The molecule has 1 unspecified atom stereocenters. The SMILES string of the molecule is CC/C(C)=C/C(c1ccc(Cl)cc1/C=C/CO)C1CCN(C(=O)OC(C)(C)C)CC1.CC=NC.CCC.CO. The van der Waals surface area contributed by atoms with E-state index in [-0.39, 0.29) is 18.6 Å². The Kier molecular flexibility index (Phi) is 22.6. The van der Waals surface area contributed by atoms with E-state index in [1.54, 1.807) is 19.3 Å². The molecule has 1 saturated heterocycles. The van der Waals surface area contributed by atoms with Crippen molar-refractivity contribution in [3.63, 3.8) is 0 Å². The molecule has 1 aromatic carbocycles. The van der Waals surface area contributed by atoms with Crippen LogP contribution in [0, 0.1) is 5.92 Å². The second kappa shape index (κ2) is 22.6. The average Bonchev–Trinajstić information content (AvgIpc) is 2.91. The summed E-state index contributed by atoms with van der Waals surface area (Å²) in [5, 5.41) is 16.9. The molecule has 39 heavy (non-hydrogen) atoms. The molecule has 1 aliphatic rings. The van der Waals surface area contributed by atoms with E-state index in [1.165, 1.54) is 17.6 Å². The first-order chi connectivity index (χ1) is 18.5. The summed E-state index contributed by atoms with van der Waals surface area (Å²) < 4.78 is 5.54. The number of hydrogen-bond donors (Lipinski definition) is 2. The van der Waals surface area contributed by atoms with E-state index in [4.69, 9.17) is 21.4 Å². The zero-order chi connectivity index (χ0) is 30.4. The van der Waals surface area contributed by atoms with Crippen molar-refractivity contribution in [2.45, 2.75) is 92.6 Å². The molecule has 0 saturated carbocycles. The number of piperidine rings is 1. The van der Waals surface area contributed by atoms with Crippen LogP contribution in [0.15, 0.2) is 40.9 Å². The van der Waals surface area contributed by atoms with Gasteiger partial charge < -0.3 is 24.8 Å². The monoisotopic (exact) mass is 566 g/mol. The fourth-order valence-corrected chi connectivity index (χ4v) is 4.03. The molecule has 0 radical (unpaired) electrons. The third kappa shape index (κ3) is 17.2. The molecule has 0 spiro atoms. The van der Waals surface area contributed by atoms with Crippen molar-refractivity contribution in [3.8, 4) is 0 Å². The van der Waals surface area contributed by atoms with E-state index in [0.717, 1.165) is 31.9 Å². The van der Waals surface area contributed by atoms with Crippen molar-refractivity contribution in [1.29, 1.82) is 0 Å². The predicted octanol–water partition coefficient (Wildman–Crippen LogP) is 8.16. The predicted molar refractivity (Wildman–Crippen MR) is 169 cm³/mol. The Labute approximate surface area is 243 Å². The summed E-state index contributed by atoms with van der Waals surface area (Å²) in [6, 6.07) is 6.00. The highest BCUT2D eigenvalue weighted by Crippen LogP contribution is 2.38. The van der Waals surface area contributed by atoms with Crippen LogP contribution >= 0.6 is 11.6 Å². The molecule has 1 amide bonds. The third-order valence-corrected chi connectivity index (χ3v) is 6.02. The number of allylic oxidation sites excluding steroid dienone is 2. The number of carbonyl (C=O) groups excluding carboxylic acids is 1. The number of benzene rings is 1. The summed E-state index contributed by atoms with van der Waals surface area (Å²) in [5.41, 5.74) is 3.12. The minimum atomic E-state index is -0.477. The molecule has 1 fully saturated rings. The third-order valence-electron chi connectivity index (χ3n) is 5.79. The molecule has 0 aliphatic carbocycles. The van der Waals surface area contributed by atoms with E-state index in [2.05, 4.69) is 44.8 Å². The molecule has 6 nitrogen and oxygen atoms in total. The van der Waals surface area contributed by atoms with Crippen LogP contribution in [-0.4, -0.2) is 66.9 Å². The zero-order valence-electron chi connectivity index (χ0n) is 26.1. The smallest absolute Gasteiger partial charge is 0.410 e. The topological polar surface area (TPSA) is 82.4 Å². The van der Waals surface area contributed by atoms with Crippen molar-refractivity contribution in [3.05, 3.63) is 52.1 Å². The number of amides is 1. The van der Waals surface area contributed by atoms with Crippen LogP contribution in [0.25, 0.3) is 6.08 Å². The van der Waals surface area contributed by atoms with Gasteiger partial charge in [0, 0.05) is 38.2 Å². The lowest BCUT2D eigenvalue weighted by Gasteiger charge is -2.36. The van der Waals surface area contributed by atoms with Crippen LogP contribution in [0.2, 0.25) is 5.02 Å². The molecule has 0 aromatic heterocycles. The second-order valence-electron chi connectivity index (χ2n) is 10.3. The normalized spacial score (nSPS) is 15.0. The molecular formula is C32H55ClN2O4. The molecule has 7 heteroatoms. The van der Waals surface area contributed by atoms with Gasteiger partial charge in [-0.25, -0.2) is 4.79 Å². The highest BCUT2D eigenvalue weighted by molar-refractivity contribution is 6.30. The van der Waals surface area contributed by atoms with E-state index in [0.29, 0.717) is 24.0 Å². The zero-order valence-corrected chi connectivity index (χ0v) is 26.9. The van der Waals surface area contributed by atoms with Gasteiger partial charge in [-0.1, -0.05) is 68.7 Å². The Balaban J connectivity index is 0. The van der Waals surface area contributed by atoms with Gasteiger partial charge in [0.15, 0.2) is 0 Å². The van der Waals surface area contributed by atoms with Crippen molar-refractivity contribution in [2.75, 3.05) is 33.9 Å². The first-order valence-electron chi connectivity index (χ1n) is 14.0. The molecule has 224 valence electrons. The Hall–Kier alpha value is -2.15. The van der Waals surface area contributed by atoms with Crippen LogP contribution in [0.4, 0.5) is 4.79 Å². The molecule has 1 aromatic rings. The van der Waals surface area contributed by atoms with Crippen LogP contribution in [-0.2, 0) is 4.74 Å². The van der Waals surface area contributed by atoms with E-state index in [9.17, 15) is 9.90 Å². The summed E-state index contributed by atoms with van der Waals surface area (Å²) in [5.74, 6) is 0.661. The molecule has 2 rings (SSSR count). The van der Waals surface area contributed by atoms with Crippen LogP contribution < -0.4 is 0 Å². The van der Waals surface area contributed by atoms with Crippen molar-refractivity contribution < 1.29 is 19.7 Å². The van der Waals surface area contributed by atoms with Gasteiger partial charge in [0.2, 0.25) is 0 Å². The van der Waals surface area contributed by atoms with Crippen LogP contribution in [0.5, 0.6) is 0 Å². The summed E-state index contributed by atoms with van der Waals surface area (Å²) in [6.45, 7) is 17.6. The highest BCUT2D eigenvalue weighted by atomic mass is 35.5. The number of ether oxygens (including phenoxy) is 1. The lowest BCUT2D eigenvalue weighted by atomic mass is 9.77. The van der Waals surface area contributed by atoms with Crippen LogP contribution in [0.3, 0.4) is 0 Å². The largest absolute Gasteiger partial charge is 0.444 e. The minimum Gasteiger partial charge on any atom is -0.444 e. The van der Waals surface area contributed by atoms with Gasteiger partial charge in [-0.05, 0) is 89.3 Å². The summed E-state index contributed by atoms with van der Waals surface area (Å²) in [4.78, 5) is 17.9. The average molecular weight is 567 g/mol. The number of carbonyl (C=O) groups is 1. The lowest BCUT2D eigenvalue weighted by Crippen LogP contribution is -2.42. The lowest BCUT2D eigenvalue weighted by molar-refractivity contribution is 0.0179. The van der Waals surface area contributed by atoms with Crippen LogP contribution in [0.1, 0.15) is 98.1 Å². The maximum Gasteiger partial charge on any atom is 0.410 e. The number of aliphatic hydroxyl groups is 2. The Bertz CT molecular complexity index is 863. The second-order valence-corrected chi connectivity index (χ2v) is 10.7. The molecule has 1 heterocycles. The number of aliphatic imine (C=N–C) groups is 1. The van der Waals surface area contributed by atoms with Gasteiger partial charge >= 0.3 is 6.09 Å². The van der Waals surface area contributed by atoms with Gasteiger partial charge in [0.1, 0.15) is 5.60 Å². The van der Waals surface area contributed by atoms with Gasteiger partial charge in [0.05, 0.1) is 6.61 Å². The first-order valence-corrected chi connectivity index (χ1v) is 14.4. The summed E-state index contributed by atoms with van der Waals surface area (Å²) in [6.07, 6.45) is 11.7. The number of rotatable bonds is 6. The standard InChI is InChI=1S/C25H36ClNO3.C3H7N.C3H8.CH4O/c1-6-18(2)16-23(22-10-9-21(26)17-20(22)8-7-15-28)19-11-13-27(14-12-19)24(29)30-25(3,4)5;1-3-4-2;1-3-2;1-2/h7-10,16-17,19,23,28H,6,11-15H2,1-5H3;3H,1-2H3;3H2,1-2H3;2H,1H3/b8-7+,18-16+;;;. The molecule has 0 bridgehead atoms.